The Bertz CT molecular complexity index is 1030. The Balaban J connectivity index is 1.30. The van der Waals surface area contributed by atoms with Gasteiger partial charge in [0, 0.05) is 11.5 Å². The molecule has 1 aromatic heterocycles. The van der Waals surface area contributed by atoms with E-state index >= 15 is 0 Å². The Kier molecular flexibility index (Phi) is 6.11. The number of hydrogen-bond acceptors (Lipinski definition) is 5. The molecule has 0 unspecified atom stereocenters. The molecule has 1 amide bonds. The summed E-state index contributed by atoms with van der Waals surface area (Å²) >= 11 is 6.19. The average Bonchev–Trinajstić information content (AvgIpc) is 3.21. The van der Waals surface area contributed by atoms with Crippen LogP contribution in [0, 0.1) is 12.7 Å². The second-order valence-corrected chi connectivity index (χ2v) is 7.95. The van der Waals surface area contributed by atoms with Crippen molar-refractivity contribution in [3.8, 4) is 11.4 Å². The molecule has 1 saturated heterocycles. The molecule has 0 saturated carbocycles. The second-order valence-electron chi connectivity index (χ2n) is 7.55. The Morgan fingerprint density at radius 1 is 1.23 bits per heavy atom. The maximum atomic E-state index is 13.1. The van der Waals surface area contributed by atoms with Crippen molar-refractivity contribution in [1.82, 2.24) is 15.0 Å². The van der Waals surface area contributed by atoms with Crippen LogP contribution < -0.4 is 5.32 Å². The fourth-order valence-electron chi connectivity index (χ4n) is 3.57. The first kappa shape index (κ1) is 20.5. The van der Waals surface area contributed by atoms with Crippen LogP contribution in [0.2, 0.25) is 5.02 Å². The Hall–Kier alpha value is -2.77. The fraction of sp³-hybridized carbons (Fsp3) is 0.318. The fourth-order valence-corrected chi connectivity index (χ4v) is 3.85. The second kappa shape index (κ2) is 8.93. The highest BCUT2D eigenvalue weighted by Crippen LogP contribution is 2.29. The van der Waals surface area contributed by atoms with Crippen molar-refractivity contribution in [3.05, 3.63) is 64.8 Å². The zero-order valence-electron chi connectivity index (χ0n) is 16.6. The first-order chi connectivity index (χ1) is 14.5. The van der Waals surface area contributed by atoms with Crippen molar-refractivity contribution in [2.45, 2.75) is 25.7 Å². The predicted molar refractivity (Wildman–Crippen MR) is 113 cm³/mol. The Morgan fingerprint density at radius 2 is 1.97 bits per heavy atom. The van der Waals surface area contributed by atoms with Gasteiger partial charge in [-0.1, -0.05) is 22.8 Å². The molecule has 30 heavy (non-hydrogen) atoms. The van der Waals surface area contributed by atoms with E-state index in [1.165, 1.54) is 12.1 Å². The van der Waals surface area contributed by atoms with Gasteiger partial charge < -0.3 is 9.84 Å². The minimum atomic E-state index is -0.302. The Labute approximate surface area is 179 Å². The van der Waals surface area contributed by atoms with E-state index in [2.05, 4.69) is 20.4 Å². The summed E-state index contributed by atoms with van der Waals surface area (Å²) in [6, 6.07) is 11.6. The first-order valence-electron chi connectivity index (χ1n) is 9.86. The van der Waals surface area contributed by atoms with E-state index in [0.717, 1.165) is 37.1 Å². The summed E-state index contributed by atoms with van der Waals surface area (Å²) in [7, 11) is 0. The highest BCUT2D eigenvalue weighted by atomic mass is 35.5. The van der Waals surface area contributed by atoms with Crippen molar-refractivity contribution in [1.29, 1.82) is 0 Å². The molecule has 0 bridgehead atoms. The molecule has 1 N–H and O–H groups in total. The Morgan fingerprint density at radius 3 is 2.67 bits per heavy atom. The third-order valence-corrected chi connectivity index (χ3v) is 5.56. The number of carbonyl (C=O) groups excluding carboxylic acids is 1. The number of benzene rings is 2. The van der Waals surface area contributed by atoms with E-state index in [4.69, 9.17) is 16.1 Å². The quantitative estimate of drug-likeness (QED) is 0.640. The van der Waals surface area contributed by atoms with Crippen LogP contribution in [0.1, 0.15) is 30.2 Å². The van der Waals surface area contributed by atoms with Crippen LogP contribution in [-0.4, -0.2) is 40.6 Å². The number of rotatable bonds is 5. The zero-order valence-corrected chi connectivity index (χ0v) is 17.3. The van der Waals surface area contributed by atoms with Gasteiger partial charge in [0.1, 0.15) is 5.82 Å². The highest BCUT2D eigenvalue weighted by Gasteiger charge is 2.26. The molecule has 0 spiro atoms. The standard InChI is InChI=1S/C22H22ClFN4O2/c1-14-2-7-19(18(23)12-14)25-20(29)13-28-10-8-16(9-11-28)22-26-21(27-30-22)15-3-5-17(24)6-4-15/h2-7,12,16H,8-11,13H2,1H3,(H,25,29). The molecule has 2 heterocycles. The number of nitrogens with zero attached hydrogens (tertiary/aromatic N) is 3. The van der Waals surface area contributed by atoms with Gasteiger partial charge in [-0.05, 0) is 74.8 Å². The molecule has 0 radical (unpaired) electrons. The van der Waals surface area contributed by atoms with Crippen LogP contribution in [0.25, 0.3) is 11.4 Å². The number of anilines is 1. The number of likely N-dealkylation sites (tertiary alicyclic amines) is 1. The molecular formula is C22H22ClFN4O2. The lowest BCUT2D eigenvalue weighted by molar-refractivity contribution is -0.117. The number of nitrogens with one attached hydrogen (secondary N) is 1. The average molecular weight is 429 g/mol. The monoisotopic (exact) mass is 428 g/mol. The molecule has 8 heteroatoms. The number of hydrogen-bond donors (Lipinski definition) is 1. The van der Waals surface area contributed by atoms with E-state index < -0.39 is 0 Å². The molecule has 4 rings (SSSR count). The third kappa shape index (κ3) is 4.86. The number of aromatic nitrogens is 2. The van der Waals surface area contributed by atoms with Crippen LogP contribution in [0.5, 0.6) is 0 Å². The van der Waals surface area contributed by atoms with E-state index in [1.807, 2.05) is 25.1 Å². The van der Waals surface area contributed by atoms with Crippen molar-refractivity contribution in [2.24, 2.45) is 0 Å². The SMILES string of the molecule is Cc1ccc(NC(=O)CN2CCC(c3nc(-c4ccc(F)cc4)no3)CC2)c(Cl)c1. The van der Waals surface area contributed by atoms with Crippen molar-refractivity contribution in [2.75, 3.05) is 25.0 Å². The summed E-state index contributed by atoms with van der Waals surface area (Å²) in [6.07, 6.45) is 1.65. The van der Waals surface area contributed by atoms with Crippen LogP contribution in [0.15, 0.2) is 47.0 Å². The summed E-state index contributed by atoms with van der Waals surface area (Å²) in [5, 5.41) is 7.43. The van der Waals surface area contributed by atoms with Crippen LogP contribution in [-0.2, 0) is 4.79 Å². The molecule has 0 aliphatic carbocycles. The smallest absolute Gasteiger partial charge is 0.238 e. The van der Waals surface area contributed by atoms with Crippen LogP contribution in [0.3, 0.4) is 0 Å². The normalized spacial score (nSPS) is 15.3. The highest BCUT2D eigenvalue weighted by molar-refractivity contribution is 6.33. The summed E-state index contributed by atoms with van der Waals surface area (Å²) in [5.41, 5.74) is 2.39. The number of carbonyl (C=O) groups is 1. The van der Waals surface area contributed by atoms with Gasteiger partial charge in [-0.15, -0.1) is 0 Å². The van der Waals surface area contributed by atoms with Crippen LogP contribution >= 0.6 is 11.6 Å². The number of amides is 1. The summed E-state index contributed by atoms with van der Waals surface area (Å²) in [6.45, 7) is 3.77. The van der Waals surface area contributed by atoms with Gasteiger partial charge >= 0.3 is 0 Å². The molecule has 1 aliphatic heterocycles. The van der Waals surface area contributed by atoms with Crippen molar-refractivity contribution < 1.29 is 13.7 Å². The third-order valence-electron chi connectivity index (χ3n) is 5.25. The van der Waals surface area contributed by atoms with Gasteiger partial charge in [-0.2, -0.15) is 4.98 Å². The topological polar surface area (TPSA) is 71.3 Å². The molecule has 0 atom stereocenters. The van der Waals surface area contributed by atoms with Crippen LogP contribution in [0.4, 0.5) is 10.1 Å². The predicted octanol–water partition coefficient (Wildman–Crippen LogP) is 4.66. The molecule has 3 aromatic rings. The molecule has 1 fully saturated rings. The molecular weight excluding hydrogens is 407 g/mol. The lowest BCUT2D eigenvalue weighted by Crippen LogP contribution is -2.38. The maximum absolute atomic E-state index is 13.1. The van der Waals surface area contributed by atoms with Crippen molar-refractivity contribution >= 4 is 23.2 Å². The number of aryl methyl sites for hydroxylation is 1. The van der Waals surface area contributed by atoms with Gasteiger partial charge in [-0.3, -0.25) is 9.69 Å². The molecule has 2 aromatic carbocycles. The van der Waals surface area contributed by atoms with Crippen molar-refractivity contribution in [3.63, 3.8) is 0 Å². The lowest BCUT2D eigenvalue weighted by atomic mass is 9.97. The zero-order chi connectivity index (χ0) is 21.1. The lowest BCUT2D eigenvalue weighted by Gasteiger charge is -2.29. The maximum Gasteiger partial charge on any atom is 0.238 e. The van der Waals surface area contributed by atoms with Gasteiger partial charge in [-0.25, -0.2) is 4.39 Å². The first-order valence-corrected chi connectivity index (χ1v) is 10.2. The van der Waals surface area contributed by atoms with Gasteiger partial charge in [0.25, 0.3) is 0 Å². The summed E-state index contributed by atoms with van der Waals surface area (Å²) < 4.78 is 18.5. The van der Waals surface area contributed by atoms with Gasteiger partial charge in [0.05, 0.1) is 17.3 Å². The van der Waals surface area contributed by atoms with E-state index in [1.54, 1.807) is 12.1 Å². The van der Waals surface area contributed by atoms with Gasteiger partial charge in [0.15, 0.2) is 0 Å². The molecule has 156 valence electrons. The number of halogens is 2. The number of piperidine rings is 1. The van der Waals surface area contributed by atoms with E-state index in [-0.39, 0.29) is 17.6 Å². The minimum absolute atomic E-state index is 0.0874. The summed E-state index contributed by atoms with van der Waals surface area (Å²) in [4.78, 5) is 19.0. The van der Waals surface area contributed by atoms with Gasteiger partial charge in [0.2, 0.25) is 17.6 Å². The molecule has 1 aliphatic rings. The molecule has 6 nitrogen and oxygen atoms in total. The minimum Gasteiger partial charge on any atom is -0.339 e. The van der Waals surface area contributed by atoms with E-state index in [9.17, 15) is 9.18 Å². The summed E-state index contributed by atoms with van der Waals surface area (Å²) in [5.74, 6) is 0.809. The van der Waals surface area contributed by atoms with E-state index in [0.29, 0.717) is 29.0 Å². The largest absolute Gasteiger partial charge is 0.339 e.